The highest BCUT2D eigenvalue weighted by atomic mass is 16.1. The number of H-pyrrole nitrogens is 1. The highest BCUT2D eigenvalue weighted by Crippen LogP contribution is 2.18. The predicted octanol–water partition coefficient (Wildman–Crippen LogP) is 1.76. The van der Waals surface area contributed by atoms with Gasteiger partial charge in [0.05, 0.1) is 11.7 Å². The van der Waals surface area contributed by atoms with E-state index in [9.17, 15) is 9.59 Å². The third kappa shape index (κ3) is 3.45. The summed E-state index contributed by atoms with van der Waals surface area (Å²) in [7, 11) is 0. The van der Waals surface area contributed by atoms with Gasteiger partial charge < -0.3 is 10.7 Å². The van der Waals surface area contributed by atoms with Crippen molar-refractivity contribution in [1.82, 2.24) is 19.7 Å². The van der Waals surface area contributed by atoms with Crippen LogP contribution in [0.5, 0.6) is 0 Å². The topological polar surface area (TPSA) is 107 Å². The SMILES string of the molecule is CC(C)(C)n1ncc2c(=O)[nH]c(CCc3cccc(C(N)=O)c3)nc21. The van der Waals surface area contributed by atoms with Gasteiger partial charge in [0, 0.05) is 12.0 Å². The van der Waals surface area contributed by atoms with E-state index in [1.54, 1.807) is 29.1 Å². The molecule has 0 spiro atoms. The maximum Gasteiger partial charge on any atom is 0.262 e. The summed E-state index contributed by atoms with van der Waals surface area (Å²) in [5, 5.41) is 4.78. The number of nitrogens with zero attached hydrogens (tertiary/aromatic N) is 3. The molecule has 2 heterocycles. The van der Waals surface area contributed by atoms with Crippen molar-refractivity contribution in [3.05, 3.63) is 57.8 Å². The molecule has 3 aromatic rings. The highest BCUT2D eigenvalue weighted by molar-refractivity contribution is 5.92. The van der Waals surface area contributed by atoms with E-state index in [0.717, 1.165) is 5.56 Å². The number of hydrogen-bond acceptors (Lipinski definition) is 4. The van der Waals surface area contributed by atoms with Crippen LogP contribution in [0.15, 0.2) is 35.3 Å². The first-order valence-electron chi connectivity index (χ1n) is 8.12. The molecule has 3 rings (SSSR count). The van der Waals surface area contributed by atoms with Gasteiger partial charge in [-0.1, -0.05) is 12.1 Å². The van der Waals surface area contributed by atoms with Crippen molar-refractivity contribution >= 4 is 16.9 Å². The molecular formula is C18H21N5O2. The predicted molar refractivity (Wildman–Crippen MR) is 95.5 cm³/mol. The average molecular weight is 339 g/mol. The number of aromatic nitrogens is 4. The fourth-order valence-corrected chi connectivity index (χ4v) is 2.72. The Morgan fingerprint density at radius 1 is 1.28 bits per heavy atom. The monoisotopic (exact) mass is 339 g/mol. The molecular weight excluding hydrogens is 318 g/mol. The van der Waals surface area contributed by atoms with E-state index >= 15 is 0 Å². The maximum atomic E-state index is 12.3. The fraction of sp³-hybridized carbons (Fsp3) is 0.333. The van der Waals surface area contributed by atoms with E-state index in [1.807, 2.05) is 26.8 Å². The minimum Gasteiger partial charge on any atom is -0.366 e. The number of amides is 1. The summed E-state index contributed by atoms with van der Waals surface area (Å²) in [4.78, 5) is 31.0. The van der Waals surface area contributed by atoms with Crippen molar-refractivity contribution in [3.8, 4) is 0 Å². The van der Waals surface area contributed by atoms with E-state index in [1.165, 1.54) is 0 Å². The Hall–Kier alpha value is -2.96. The van der Waals surface area contributed by atoms with Crippen molar-refractivity contribution < 1.29 is 4.79 Å². The van der Waals surface area contributed by atoms with E-state index in [2.05, 4.69) is 15.1 Å². The lowest BCUT2D eigenvalue weighted by molar-refractivity contribution is 0.1000. The molecule has 1 aromatic carbocycles. The van der Waals surface area contributed by atoms with Crippen LogP contribution in [-0.4, -0.2) is 25.7 Å². The molecule has 0 bridgehead atoms. The zero-order chi connectivity index (χ0) is 18.2. The number of fused-ring (bicyclic) bond motifs is 1. The third-order valence-corrected chi connectivity index (χ3v) is 3.98. The number of aromatic amines is 1. The molecule has 0 saturated heterocycles. The number of benzene rings is 1. The molecule has 0 aliphatic heterocycles. The molecule has 3 N–H and O–H groups in total. The summed E-state index contributed by atoms with van der Waals surface area (Å²) in [6.45, 7) is 6.03. The molecule has 0 radical (unpaired) electrons. The second-order valence-corrected chi connectivity index (χ2v) is 7.04. The number of carbonyl (C=O) groups is 1. The molecule has 7 nitrogen and oxygen atoms in total. The summed E-state index contributed by atoms with van der Waals surface area (Å²) in [5.74, 6) is 0.136. The Kier molecular flexibility index (Phi) is 4.16. The van der Waals surface area contributed by atoms with Gasteiger partial charge in [0.2, 0.25) is 5.91 Å². The minimum absolute atomic E-state index is 0.193. The van der Waals surface area contributed by atoms with Crippen LogP contribution in [-0.2, 0) is 18.4 Å². The molecule has 25 heavy (non-hydrogen) atoms. The molecule has 0 aliphatic rings. The fourth-order valence-electron chi connectivity index (χ4n) is 2.72. The van der Waals surface area contributed by atoms with Crippen LogP contribution in [0.1, 0.15) is 42.5 Å². The zero-order valence-corrected chi connectivity index (χ0v) is 14.5. The number of rotatable bonds is 4. The van der Waals surface area contributed by atoms with E-state index in [4.69, 9.17) is 5.73 Å². The van der Waals surface area contributed by atoms with Gasteiger partial charge in [-0.3, -0.25) is 9.59 Å². The molecule has 7 heteroatoms. The smallest absolute Gasteiger partial charge is 0.262 e. The first-order chi connectivity index (χ1) is 11.8. The number of hydrogen-bond donors (Lipinski definition) is 2. The second kappa shape index (κ2) is 6.16. The van der Waals surface area contributed by atoms with Gasteiger partial charge in [-0.2, -0.15) is 5.10 Å². The van der Waals surface area contributed by atoms with Crippen molar-refractivity contribution in [1.29, 1.82) is 0 Å². The lowest BCUT2D eigenvalue weighted by Gasteiger charge is -2.19. The van der Waals surface area contributed by atoms with Crippen molar-refractivity contribution in [2.24, 2.45) is 5.73 Å². The Bertz CT molecular complexity index is 995. The number of nitrogens with one attached hydrogen (secondary N) is 1. The van der Waals surface area contributed by atoms with Gasteiger partial charge in [-0.05, 0) is 44.9 Å². The Morgan fingerprint density at radius 2 is 2.04 bits per heavy atom. The van der Waals surface area contributed by atoms with Gasteiger partial charge in [-0.25, -0.2) is 9.67 Å². The lowest BCUT2D eigenvalue weighted by atomic mass is 10.1. The van der Waals surface area contributed by atoms with Gasteiger partial charge in [0.1, 0.15) is 11.2 Å². The van der Waals surface area contributed by atoms with E-state index < -0.39 is 5.91 Å². The summed E-state index contributed by atoms with van der Waals surface area (Å²) in [6, 6.07) is 7.16. The van der Waals surface area contributed by atoms with Crippen molar-refractivity contribution in [2.45, 2.75) is 39.2 Å². The standard InChI is InChI=1S/C18H21N5O2/c1-18(2,3)23-16-13(10-20-23)17(25)22-14(21-16)8-7-11-5-4-6-12(9-11)15(19)24/h4-6,9-10H,7-8H2,1-3H3,(H2,19,24)(H,21,22,25). The summed E-state index contributed by atoms with van der Waals surface area (Å²) < 4.78 is 1.76. The van der Waals surface area contributed by atoms with Crippen LogP contribution in [0.4, 0.5) is 0 Å². The summed E-state index contributed by atoms with van der Waals surface area (Å²) >= 11 is 0. The largest absolute Gasteiger partial charge is 0.366 e. The second-order valence-electron chi connectivity index (χ2n) is 7.04. The van der Waals surface area contributed by atoms with E-state index in [-0.39, 0.29) is 11.1 Å². The molecule has 0 saturated carbocycles. The number of aryl methyl sites for hydroxylation is 2. The molecule has 0 fully saturated rings. The lowest BCUT2D eigenvalue weighted by Crippen LogP contribution is -2.24. The molecule has 1 amide bonds. The first-order valence-corrected chi connectivity index (χ1v) is 8.12. The van der Waals surface area contributed by atoms with Gasteiger partial charge in [0.15, 0.2) is 5.65 Å². The highest BCUT2D eigenvalue weighted by Gasteiger charge is 2.19. The van der Waals surface area contributed by atoms with Crippen LogP contribution < -0.4 is 11.3 Å². The van der Waals surface area contributed by atoms with Crippen molar-refractivity contribution in [3.63, 3.8) is 0 Å². The zero-order valence-electron chi connectivity index (χ0n) is 14.5. The average Bonchev–Trinajstić information content (AvgIpc) is 2.98. The minimum atomic E-state index is -0.455. The number of primary amides is 1. The van der Waals surface area contributed by atoms with Crippen LogP contribution in [0.3, 0.4) is 0 Å². The van der Waals surface area contributed by atoms with Crippen LogP contribution in [0.25, 0.3) is 11.0 Å². The van der Waals surface area contributed by atoms with Crippen molar-refractivity contribution in [2.75, 3.05) is 0 Å². The number of nitrogens with two attached hydrogens (primary N) is 1. The van der Waals surface area contributed by atoms with Crippen LogP contribution in [0.2, 0.25) is 0 Å². The van der Waals surface area contributed by atoms with Crippen LogP contribution >= 0.6 is 0 Å². The molecule has 0 unspecified atom stereocenters. The maximum absolute atomic E-state index is 12.3. The van der Waals surface area contributed by atoms with Gasteiger partial charge in [0.25, 0.3) is 5.56 Å². The Morgan fingerprint density at radius 3 is 2.72 bits per heavy atom. The van der Waals surface area contributed by atoms with E-state index in [0.29, 0.717) is 35.3 Å². The normalized spacial score (nSPS) is 11.8. The Balaban J connectivity index is 1.91. The van der Waals surface area contributed by atoms with Gasteiger partial charge >= 0.3 is 0 Å². The first kappa shape index (κ1) is 16.9. The third-order valence-electron chi connectivity index (χ3n) is 3.98. The quantitative estimate of drug-likeness (QED) is 0.755. The van der Waals surface area contributed by atoms with Crippen LogP contribution in [0, 0.1) is 0 Å². The van der Waals surface area contributed by atoms with Gasteiger partial charge in [-0.15, -0.1) is 0 Å². The summed E-state index contributed by atoms with van der Waals surface area (Å²) in [5.41, 5.74) is 6.86. The Labute approximate surface area is 144 Å². The molecule has 0 atom stereocenters. The molecule has 2 aromatic heterocycles. The molecule has 0 aliphatic carbocycles. The molecule has 130 valence electrons. The number of carbonyl (C=O) groups excluding carboxylic acids is 1. The summed E-state index contributed by atoms with van der Waals surface area (Å²) in [6.07, 6.45) is 2.73.